The zero-order valence-electron chi connectivity index (χ0n) is 14.9. The Bertz CT molecular complexity index is 717. The van der Waals surface area contributed by atoms with E-state index in [0.717, 1.165) is 0 Å². The smallest absolute Gasteiger partial charge is 0.257 e. The predicted octanol–water partition coefficient (Wildman–Crippen LogP) is 2.72. The number of carbonyl (C=O) groups is 1. The summed E-state index contributed by atoms with van der Waals surface area (Å²) in [5, 5.41) is 3.26. The number of rotatable bonds is 5. The van der Waals surface area contributed by atoms with Crippen LogP contribution in [0.4, 0.5) is 5.82 Å². The van der Waals surface area contributed by atoms with Gasteiger partial charge in [0.15, 0.2) is 0 Å². The van der Waals surface area contributed by atoms with Gasteiger partial charge in [0.25, 0.3) is 5.91 Å². The number of benzene rings is 1. The van der Waals surface area contributed by atoms with E-state index in [2.05, 4.69) is 22.4 Å². The topological polar surface area (TPSA) is 71.2 Å². The number of nitrogens with zero attached hydrogens (tertiary/aromatic N) is 2. The number of carbonyl (C=O) groups excluding carboxylic acids is 1. The summed E-state index contributed by atoms with van der Waals surface area (Å²) in [5.41, 5.74) is 7.87. The van der Waals surface area contributed by atoms with Crippen LogP contribution in [0.25, 0.3) is 0 Å². The van der Waals surface area contributed by atoms with Crippen LogP contribution >= 0.6 is 0 Å². The second-order valence-corrected chi connectivity index (χ2v) is 6.92. The molecule has 2 atom stereocenters. The number of pyridine rings is 1. The quantitative estimate of drug-likeness (QED) is 0.879. The highest BCUT2D eigenvalue weighted by Gasteiger charge is 2.36. The van der Waals surface area contributed by atoms with Gasteiger partial charge in [0, 0.05) is 31.2 Å². The van der Waals surface area contributed by atoms with Crippen molar-refractivity contribution in [3.63, 3.8) is 0 Å². The number of amides is 1. The maximum absolute atomic E-state index is 13.1. The fraction of sp³-hybridized carbons (Fsp3) is 0.400. The molecule has 1 amide bonds. The summed E-state index contributed by atoms with van der Waals surface area (Å²) in [6, 6.07) is 14.2. The summed E-state index contributed by atoms with van der Waals surface area (Å²) in [6.07, 6.45) is 1.71. The highest BCUT2D eigenvalue weighted by atomic mass is 16.2. The molecule has 0 bridgehead atoms. The van der Waals surface area contributed by atoms with Crippen LogP contribution in [-0.4, -0.2) is 41.5 Å². The molecule has 1 aliphatic rings. The van der Waals surface area contributed by atoms with Gasteiger partial charge in [-0.1, -0.05) is 30.3 Å². The van der Waals surface area contributed by atoms with E-state index in [1.54, 1.807) is 6.20 Å². The second-order valence-electron chi connectivity index (χ2n) is 6.92. The van der Waals surface area contributed by atoms with Gasteiger partial charge in [0.1, 0.15) is 5.82 Å². The Kier molecular flexibility index (Phi) is 5.34. The van der Waals surface area contributed by atoms with Crippen LogP contribution in [0.1, 0.15) is 35.7 Å². The van der Waals surface area contributed by atoms with E-state index < -0.39 is 0 Å². The molecule has 2 heterocycles. The molecule has 0 aliphatic carbocycles. The molecule has 0 spiro atoms. The number of hydrogen-bond donors (Lipinski definition) is 2. The van der Waals surface area contributed by atoms with Crippen LogP contribution in [0.15, 0.2) is 48.7 Å². The Morgan fingerprint density at radius 3 is 2.68 bits per heavy atom. The van der Waals surface area contributed by atoms with Crippen LogP contribution in [-0.2, 0) is 0 Å². The van der Waals surface area contributed by atoms with Crippen molar-refractivity contribution in [2.45, 2.75) is 25.8 Å². The zero-order valence-corrected chi connectivity index (χ0v) is 14.9. The third-order valence-electron chi connectivity index (χ3n) is 4.72. The molecule has 5 nitrogen and oxygen atoms in total. The molecule has 1 fully saturated rings. The van der Waals surface area contributed by atoms with E-state index >= 15 is 0 Å². The largest absolute Gasteiger partial charge is 0.367 e. The standard InChI is InChI=1S/C20H26N4O/c1-14(2)23-19-17(9-6-10-22-19)20(25)24-12-16(11-21)18(13-24)15-7-4-3-5-8-15/h3-10,14,16,18H,11-13,21H2,1-2H3,(H,22,23)/t16-,18+/m1/s1. The first-order chi connectivity index (χ1) is 12.1. The van der Waals surface area contributed by atoms with Gasteiger partial charge in [0.05, 0.1) is 5.56 Å². The van der Waals surface area contributed by atoms with Gasteiger partial charge in [-0.05, 0) is 44.0 Å². The number of hydrogen-bond acceptors (Lipinski definition) is 4. The minimum Gasteiger partial charge on any atom is -0.367 e. The van der Waals surface area contributed by atoms with Gasteiger partial charge in [-0.2, -0.15) is 0 Å². The maximum Gasteiger partial charge on any atom is 0.257 e. The normalized spacial score (nSPS) is 20.1. The Labute approximate surface area is 149 Å². The van der Waals surface area contributed by atoms with E-state index in [1.807, 2.05) is 49.1 Å². The fourth-order valence-electron chi connectivity index (χ4n) is 3.49. The van der Waals surface area contributed by atoms with Crippen molar-refractivity contribution in [3.05, 3.63) is 59.8 Å². The van der Waals surface area contributed by atoms with Crippen molar-refractivity contribution in [2.24, 2.45) is 11.7 Å². The van der Waals surface area contributed by atoms with Gasteiger partial charge in [-0.3, -0.25) is 4.79 Å². The van der Waals surface area contributed by atoms with Gasteiger partial charge < -0.3 is 16.0 Å². The third-order valence-corrected chi connectivity index (χ3v) is 4.72. The Balaban J connectivity index is 1.82. The van der Waals surface area contributed by atoms with Crippen LogP contribution < -0.4 is 11.1 Å². The Morgan fingerprint density at radius 2 is 2.00 bits per heavy atom. The molecule has 1 aromatic heterocycles. The van der Waals surface area contributed by atoms with E-state index in [1.165, 1.54) is 5.56 Å². The number of aromatic nitrogens is 1. The maximum atomic E-state index is 13.1. The number of likely N-dealkylation sites (tertiary alicyclic amines) is 1. The fourth-order valence-corrected chi connectivity index (χ4v) is 3.49. The van der Waals surface area contributed by atoms with Crippen molar-refractivity contribution in [1.29, 1.82) is 0 Å². The summed E-state index contributed by atoms with van der Waals surface area (Å²) in [5.74, 6) is 1.24. The molecule has 5 heteroatoms. The Hall–Kier alpha value is -2.40. The van der Waals surface area contributed by atoms with Crippen LogP contribution in [0, 0.1) is 5.92 Å². The monoisotopic (exact) mass is 338 g/mol. The molecule has 1 aromatic carbocycles. The van der Waals surface area contributed by atoms with E-state index in [-0.39, 0.29) is 23.8 Å². The van der Waals surface area contributed by atoms with Crippen molar-refractivity contribution >= 4 is 11.7 Å². The van der Waals surface area contributed by atoms with Crippen LogP contribution in [0.2, 0.25) is 0 Å². The molecule has 2 aromatic rings. The lowest BCUT2D eigenvalue weighted by Crippen LogP contribution is -2.31. The Morgan fingerprint density at radius 1 is 1.24 bits per heavy atom. The molecule has 0 saturated carbocycles. The van der Waals surface area contributed by atoms with Gasteiger partial charge in [-0.15, -0.1) is 0 Å². The average molecular weight is 338 g/mol. The van der Waals surface area contributed by atoms with E-state index in [9.17, 15) is 4.79 Å². The molecule has 1 aliphatic heterocycles. The van der Waals surface area contributed by atoms with E-state index in [0.29, 0.717) is 31.0 Å². The molecular formula is C20H26N4O. The SMILES string of the molecule is CC(C)Nc1ncccc1C(=O)N1C[C@@H](CN)[C@H](c2ccccc2)C1. The molecule has 3 N–H and O–H groups in total. The highest BCUT2D eigenvalue weighted by Crippen LogP contribution is 2.33. The lowest BCUT2D eigenvalue weighted by molar-refractivity contribution is 0.0787. The zero-order chi connectivity index (χ0) is 17.8. The molecule has 132 valence electrons. The van der Waals surface area contributed by atoms with Gasteiger partial charge in [-0.25, -0.2) is 4.98 Å². The molecule has 3 rings (SSSR count). The highest BCUT2D eigenvalue weighted by molar-refractivity contribution is 5.99. The minimum atomic E-state index is 0.0214. The van der Waals surface area contributed by atoms with Crippen molar-refractivity contribution in [1.82, 2.24) is 9.88 Å². The van der Waals surface area contributed by atoms with Crippen molar-refractivity contribution in [3.8, 4) is 0 Å². The van der Waals surface area contributed by atoms with Crippen LogP contribution in [0.3, 0.4) is 0 Å². The first-order valence-corrected chi connectivity index (χ1v) is 8.86. The number of nitrogens with one attached hydrogen (secondary N) is 1. The second kappa shape index (κ2) is 7.66. The van der Waals surface area contributed by atoms with E-state index in [4.69, 9.17) is 5.73 Å². The third kappa shape index (κ3) is 3.82. The summed E-state index contributed by atoms with van der Waals surface area (Å²) < 4.78 is 0. The average Bonchev–Trinajstić information content (AvgIpc) is 3.06. The minimum absolute atomic E-state index is 0.0214. The van der Waals surface area contributed by atoms with Crippen molar-refractivity contribution in [2.75, 3.05) is 25.0 Å². The summed E-state index contributed by atoms with van der Waals surface area (Å²) in [4.78, 5) is 19.4. The predicted molar refractivity (Wildman–Crippen MR) is 101 cm³/mol. The molecule has 0 unspecified atom stereocenters. The molecule has 0 radical (unpaired) electrons. The van der Waals surface area contributed by atoms with Gasteiger partial charge in [0.2, 0.25) is 0 Å². The molecule has 1 saturated heterocycles. The number of nitrogens with two attached hydrogens (primary N) is 1. The van der Waals surface area contributed by atoms with Crippen LogP contribution in [0.5, 0.6) is 0 Å². The summed E-state index contributed by atoms with van der Waals surface area (Å²) in [6.45, 7) is 6.03. The first kappa shape index (κ1) is 17.4. The summed E-state index contributed by atoms with van der Waals surface area (Å²) >= 11 is 0. The molecule has 25 heavy (non-hydrogen) atoms. The lowest BCUT2D eigenvalue weighted by Gasteiger charge is -2.19. The first-order valence-electron chi connectivity index (χ1n) is 8.86. The number of anilines is 1. The van der Waals surface area contributed by atoms with Gasteiger partial charge >= 0.3 is 0 Å². The summed E-state index contributed by atoms with van der Waals surface area (Å²) in [7, 11) is 0. The molecular weight excluding hydrogens is 312 g/mol. The van der Waals surface area contributed by atoms with Crippen molar-refractivity contribution < 1.29 is 4.79 Å². The lowest BCUT2D eigenvalue weighted by atomic mass is 9.89.